The maximum absolute atomic E-state index is 12.2. The molecule has 6 heteroatoms. The first-order chi connectivity index (χ1) is 12.1. The van der Waals surface area contributed by atoms with Gasteiger partial charge in [0.05, 0.1) is 29.0 Å². The summed E-state index contributed by atoms with van der Waals surface area (Å²) in [6.45, 7) is 4.24. The lowest BCUT2D eigenvalue weighted by atomic mass is 9.96. The van der Waals surface area contributed by atoms with Crippen molar-refractivity contribution in [3.05, 3.63) is 65.0 Å². The molecule has 0 amide bonds. The molecule has 126 valence electrons. The van der Waals surface area contributed by atoms with Gasteiger partial charge in [-0.15, -0.1) is 0 Å². The highest BCUT2D eigenvalue weighted by atomic mass is 16.5. The number of hydrogen-bond acceptors (Lipinski definition) is 5. The van der Waals surface area contributed by atoms with Gasteiger partial charge in [0.15, 0.2) is 5.78 Å². The molecule has 3 aromatic rings. The first kappa shape index (κ1) is 15.4. The van der Waals surface area contributed by atoms with Crippen LogP contribution in [-0.4, -0.2) is 20.9 Å². The Kier molecular flexibility index (Phi) is 3.72. The molecule has 0 saturated heterocycles. The Morgan fingerprint density at radius 1 is 1.28 bits per heavy atom. The number of nitrogens with zero attached hydrogens (tertiary/aromatic N) is 2. The number of Topliss-reactive ketones (excluding diaryl/α,β-unsaturated/α-hetero) is 1. The number of ketones is 1. The van der Waals surface area contributed by atoms with Crippen molar-refractivity contribution in [1.29, 1.82) is 0 Å². The Morgan fingerprint density at radius 2 is 2.12 bits per heavy atom. The topological polar surface area (TPSA) is 83.8 Å². The van der Waals surface area contributed by atoms with Gasteiger partial charge < -0.3 is 14.8 Å². The molecule has 0 aliphatic heterocycles. The summed E-state index contributed by atoms with van der Waals surface area (Å²) in [6.07, 6.45) is 4.14. The van der Waals surface area contributed by atoms with Gasteiger partial charge in [-0.3, -0.25) is 4.79 Å². The lowest BCUT2D eigenvalue weighted by Gasteiger charge is -2.14. The summed E-state index contributed by atoms with van der Waals surface area (Å²) in [5.74, 6) is 1.61. The molecule has 0 unspecified atom stereocenters. The maximum Gasteiger partial charge on any atom is 0.182 e. The summed E-state index contributed by atoms with van der Waals surface area (Å²) in [5, 5.41) is 7.19. The fraction of sp³-hybridized carbons (Fsp3) is 0.211. The Morgan fingerprint density at radius 3 is 2.88 bits per heavy atom. The molecular formula is C19H18N4O2. The predicted molar refractivity (Wildman–Crippen MR) is 94.6 cm³/mol. The second kappa shape index (κ2) is 6.05. The fourth-order valence-corrected chi connectivity index (χ4v) is 3.09. The zero-order chi connectivity index (χ0) is 17.4. The van der Waals surface area contributed by atoms with Crippen LogP contribution in [0, 0.1) is 13.8 Å². The first-order valence-corrected chi connectivity index (χ1v) is 8.17. The van der Waals surface area contributed by atoms with E-state index in [9.17, 15) is 4.79 Å². The highest BCUT2D eigenvalue weighted by molar-refractivity contribution is 6.02. The molecule has 2 heterocycles. The number of nitrogens with one attached hydrogen (secondary N) is 2. The van der Waals surface area contributed by atoms with E-state index in [1.165, 1.54) is 0 Å². The van der Waals surface area contributed by atoms with Crippen LogP contribution < -0.4 is 5.32 Å². The molecule has 0 bridgehead atoms. The first-order valence-electron chi connectivity index (χ1n) is 8.17. The van der Waals surface area contributed by atoms with Gasteiger partial charge in [0.1, 0.15) is 11.6 Å². The van der Waals surface area contributed by atoms with Crippen molar-refractivity contribution in [3.8, 4) is 0 Å². The smallest absolute Gasteiger partial charge is 0.182 e. The molecule has 4 rings (SSSR count). The number of aromatic amines is 1. The van der Waals surface area contributed by atoms with Crippen LogP contribution in [0.4, 0.5) is 0 Å². The van der Waals surface area contributed by atoms with Crippen molar-refractivity contribution >= 4 is 22.4 Å². The number of aryl methyl sites for hydroxylation is 2. The molecule has 1 aromatic carbocycles. The van der Waals surface area contributed by atoms with Gasteiger partial charge in [0, 0.05) is 12.0 Å². The molecule has 0 saturated carbocycles. The number of benzene rings is 1. The average molecular weight is 334 g/mol. The van der Waals surface area contributed by atoms with Crippen molar-refractivity contribution in [2.45, 2.75) is 26.8 Å². The third-order valence-corrected chi connectivity index (χ3v) is 4.31. The maximum atomic E-state index is 12.2. The molecular weight excluding hydrogens is 316 g/mol. The Hall–Kier alpha value is -3.15. The number of para-hydroxylation sites is 2. The van der Waals surface area contributed by atoms with Crippen LogP contribution in [0.5, 0.6) is 0 Å². The van der Waals surface area contributed by atoms with Crippen molar-refractivity contribution in [2.75, 3.05) is 0 Å². The lowest BCUT2D eigenvalue weighted by molar-refractivity contribution is -0.115. The van der Waals surface area contributed by atoms with E-state index in [0.717, 1.165) is 39.4 Å². The number of rotatable bonds is 4. The highest BCUT2D eigenvalue weighted by Crippen LogP contribution is 2.28. The zero-order valence-corrected chi connectivity index (χ0v) is 14.1. The Labute approximate surface area is 144 Å². The van der Waals surface area contributed by atoms with Crippen LogP contribution >= 0.6 is 0 Å². The number of carbonyl (C=O) groups excluding carboxylic acids is 1. The van der Waals surface area contributed by atoms with E-state index in [-0.39, 0.29) is 5.78 Å². The van der Waals surface area contributed by atoms with Crippen LogP contribution in [0.25, 0.3) is 16.6 Å². The van der Waals surface area contributed by atoms with Crippen molar-refractivity contribution < 1.29 is 9.32 Å². The monoisotopic (exact) mass is 334 g/mol. The number of H-pyrrole nitrogens is 1. The minimum atomic E-state index is 0.0617. The fourth-order valence-electron chi connectivity index (χ4n) is 3.09. The second-order valence-corrected chi connectivity index (χ2v) is 6.10. The van der Waals surface area contributed by atoms with Crippen molar-refractivity contribution in [3.63, 3.8) is 0 Å². The summed E-state index contributed by atoms with van der Waals surface area (Å²) in [4.78, 5) is 20.0. The van der Waals surface area contributed by atoms with Crippen LogP contribution in [-0.2, 0) is 11.3 Å². The van der Waals surface area contributed by atoms with E-state index < -0.39 is 0 Å². The van der Waals surface area contributed by atoms with Crippen LogP contribution in [0.3, 0.4) is 0 Å². The molecule has 25 heavy (non-hydrogen) atoms. The molecule has 0 atom stereocenters. The van der Waals surface area contributed by atoms with Crippen molar-refractivity contribution in [2.24, 2.45) is 0 Å². The van der Waals surface area contributed by atoms with E-state index in [0.29, 0.717) is 18.7 Å². The van der Waals surface area contributed by atoms with Crippen LogP contribution in [0.2, 0.25) is 0 Å². The molecule has 0 radical (unpaired) electrons. The van der Waals surface area contributed by atoms with E-state index in [4.69, 9.17) is 4.52 Å². The second-order valence-electron chi connectivity index (χ2n) is 6.10. The molecule has 1 aliphatic rings. The van der Waals surface area contributed by atoms with Gasteiger partial charge in [-0.05, 0) is 37.6 Å². The number of aromatic nitrogens is 3. The molecule has 6 nitrogen and oxygen atoms in total. The molecule has 1 aliphatic carbocycles. The number of fused-ring (bicyclic) bond motifs is 1. The largest absolute Gasteiger partial charge is 0.375 e. The Bertz CT molecular complexity index is 971. The molecule has 2 N–H and O–H groups in total. The zero-order valence-electron chi connectivity index (χ0n) is 14.1. The summed E-state index contributed by atoms with van der Waals surface area (Å²) >= 11 is 0. The predicted octanol–water partition coefficient (Wildman–Crippen LogP) is 3.20. The number of hydrogen-bond donors (Lipinski definition) is 2. The molecule has 2 aromatic heterocycles. The van der Waals surface area contributed by atoms with Crippen molar-refractivity contribution in [1.82, 2.24) is 20.4 Å². The summed E-state index contributed by atoms with van der Waals surface area (Å²) in [5.41, 5.74) is 5.22. The minimum absolute atomic E-state index is 0.0617. The van der Waals surface area contributed by atoms with Crippen LogP contribution in [0.15, 0.2) is 46.6 Å². The number of carbonyl (C=O) groups is 1. The van der Waals surface area contributed by atoms with Gasteiger partial charge in [-0.25, -0.2) is 4.98 Å². The Balaban J connectivity index is 1.56. The standard InChI is InChI=1S/C19H18N4O2/c1-11-19(12(2)25-23-11)13-7-8-17(24)16(9-13)20-10-18-21-14-5-3-4-6-15(14)22-18/h3-7,9,20H,8,10H2,1-2H3,(H,21,22). The van der Waals surface area contributed by atoms with E-state index >= 15 is 0 Å². The van der Waals surface area contributed by atoms with Gasteiger partial charge in [0.2, 0.25) is 0 Å². The van der Waals surface area contributed by atoms with Crippen LogP contribution in [0.1, 0.15) is 29.3 Å². The van der Waals surface area contributed by atoms with Gasteiger partial charge >= 0.3 is 0 Å². The van der Waals surface area contributed by atoms with Gasteiger partial charge in [-0.2, -0.15) is 0 Å². The average Bonchev–Trinajstić information content (AvgIpc) is 3.17. The van der Waals surface area contributed by atoms with Gasteiger partial charge in [-0.1, -0.05) is 23.4 Å². The lowest BCUT2D eigenvalue weighted by Crippen LogP contribution is -2.22. The molecule has 0 spiro atoms. The summed E-state index contributed by atoms with van der Waals surface area (Å²) < 4.78 is 5.23. The van der Waals surface area contributed by atoms with Gasteiger partial charge in [0.25, 0.3) is 0 Å². The van der Waals surface area contributed by atoms with E-state index in [1.54, 1.807) is 0 Å². The summed E-state index contributed by atoms with van der Waals surface area (Å²) in [7, 11) is 0. The number of imidazole rings is 1. The summed E-state index contributed by atoms with van der Waals surface area (Å²) in [6, 6.07) is 7.85. The normalized spacial score (nSPS) is 14.6. The van der Waals surface area contributed by atoms with E-state index in [1.807, 2.05) is 50.3 Å². The number of allylic oxidation sites excluding steroid dienone is 4. The third kappa shape index (κ3) is 2.87. The third-order valence-electron chi connectivity index (χ3n) is 4.31. The highest BCUT2D eigenvalue weighted by Gasteiger charge is 2.20. The van der Waals surface area contributed by atoms with E-state index in [2.05, 4.69) is 20.4 Å². The minimum Gasteiger partial charge on any atom is -0.375 e. The molecule has 0 fully saturated rings. The quantitative estimate of drug-likeness (QED) is 0.765. The SMILES string of the molecule is Cc1noc(C)c1C1=CCC(=O)C(NCc2nc3ccccc3[nH]2)=C1.